The number of thiazole rings is 1. The van der Waals surface area contributed by atoms with Gasteiger partial charge in [0.15, 0.2) is 5.69 Å². The zero-order valence-electron chi connectivity index (χ0n) is 11.7. The van der Waals surface area contributed by atoms with Crippen LogP contribution in [0.2, 0.25) is 0 Å². The Balaban J connectivity index is 2.09. The Morgan fingerprint density at radius 2 is 2.14 bits per heavy atom. The van der Waals surface area contributed by atoms with Crippen molar-refractivity contribution in [2.75, 3.05) is 0 Å². The first-order valence-electron chi connectivity index (χ1n) is 6.89. The lowest BCUT2D eigenvalue weighted by Crippen LogP contribution is -2.52. The molecule has 1 heterocycles. The van der Waals surface area contributed by atoms with E-state index in [1.807, 2.05) is 0 Å². The molecule has 1 saturated carbocycles. The summed E-state index contributed by atoms with van der Waals surface area (Å²) < 4.78 is 37.7. The van der Waals surface area contributed by atoms with Crippen LogP contribution in [-0.2, 0) is 11.0 Å². The third-order valence-electron chi connectivity index (χ3n) is 3.77. The van der Waals surface area contributed by atoms with E-state index in [0.717, 1.165) is 29.6 Å². The van der Waals surface area contributed by atoms with Gasteiger partial charge in [-0.25, -0.2) is 4.98 Å². The highest BCUT2D eigenvalue weighted by Crippen LogP contribution is 2.33. The third-order valence-corrected chi connectivity index (χ3v) is 4.73. The fourth-order valence-corrected chi connectivity index (χ4v) is 3.41. The number of hydrogen-bond acceptors (Lipinski definition) is 4. The van der Waals surface area contributed by atoms with E-state index >= 15 is 0 Å². The Morgan fingerprint density at radius 3 is 2.62 bits per heavy atom. The molecule has 1 unspecified atom stereocenters. The number of carbonyl (C=O) groups is 1. The standard InChI is InChI=1S/C13H18F3N3OS/c1-2-8(10-19-9(7-21-10)13(14,15)16)18-11(20)12(17)5-3-4-6-12/h7-8H,2-6,17H2,1H3,(H,18,20). The number of alkyl halides is 3. The van der Waals surface area contributed by atoms with Crippen molar-refractivity contribution >= 4 is 17.2 Å². The maximum Gasteiger partial charge on any atom is 0.434 e. The summed E-state index contributed by atoms with van der Waals surface area (Å²) in [5.41, 5.74) is 4.24. The van der Waals surface area contributed by atoms with Crippen LogP contribution >= 0.6 is 11.3 Å². The van der Waals surface area contributed by atoms with E-state index in [1.165, 1.54) is 0 Å². The number of nitrogens with one attached hydrogen (secondary N) is 1. The molecule has 0 bridgehead atoms. The van der Waals surface area contributed by atoms with Crippen molar-refractivity contribution in [3.05, 3.63) is 16.1 Å². The molecule has 8 heteroatoms. The Labute approximate surface area is 124 Å². The van der Waals surface area contributed by atoms with Gasteiger partial charge in [-0.3, -0.25) is 4.79 Å². The van der Waals surface area contributed by atoms with Crippen molar-refractivity contribution in [3.63, 3.8) is 0 Å². The molecule has 118 valence electrons. The lowest BCUT2D eigenvalue weighted by molar-refractivity contribution is -0.140. The first kappa shape index (κ1) is 16.2. The Bertz CT molecular complexity index is 509. The van der Waals surface area contributed by atoms with Gasteiger partial charge in [0.25, 0.3) is 0 Å². The fourth-order valence-electron chi connectivity index (χ4n) is 2.45. The number of aromatic nitrogens is 1. The monoisotopic (exact) mass is 321 g/mol. The SMILES string of the molecule is CCC(NC(=O)C1(N)CCCC1)c1nc(C(F)(F)F)cs1. The largest absolute Gasteiger partial charge is 0.434 e. The van der Waals surface area contributed by atoms with Crippen LogP contribution in [0.25, 0.3) is 0 Å². The summed E-state index contributed by atoms with van der Waals surface area (Å²) in [5, 5.41) is 3.98. The molecule has 1 amide bonds. The maximum absolute atomic E-state index is 12.6. The Hall–Kier alpha value is -1.15. The Morgan fingerprint density at radius 1 is 1.52 bits per heavy atom. The molecule has 3 N–H and O–H groups in total. The molecule has 1 fully saturated rings. The Kier molecular flexibility index (Phi) is 4.57. The van der Waals surface area contributed by atoms with E-state index in [0.29, 0.717) is 19.3 Å². The lowest BCUT2D eigenvalue weighted by atomic mass is 9.97. The number of carbonyl (C=O) groups excluding carboxylic acids is 1. The van der Waals surface area contributed by atoms with Crippen LogP contribution < -0.4 is 11.1 Å². The summed E-state index contributed by atoms with van der Waals surface area (Å²) in [6.07, 6.45) is -0.974. The fraction of sp³-hybridized carbons (Fsp3) is 0.692. The number of nitrogens with two attached hydrogens (primary N) is 1. The predicted octanol–water partition coefficient (Wildman–Crippen LogP) is 3.00. The van der Waals surface area contributed by atoms with E-state index in [2.05, 4.69) is 10.3 Å². The van der Waals surface area contributed by atoms with Gasteiger partial charge in [0.2, 0.25) is 5.91 Å². The number of halogens is 3. The molecule has 1 aromatic rings. The number of rotatable bonds is 4. The summed E-state index contributed by atoms with van der Waals surface area (Å²) in [6.45, 7) is 1.79. The average Bonchev–Trinajstić information content (AvgIpc) is 3.04. The zero-order chi connectivity index (χ0) is 15.7. The first-order valence-corrected chi connectivity index (χ1v) is 7.76. The van der Waals surface area contributed by atoms with Gasteiger partial charge in [0.05, 0.1) is 11.6 Å². The highest BCUT2D eigenvalue weighted by Gasteiger charge is 2.39. The van der Waals surface area contributed by atoms with Crippen LogP contribution in [-0.4, -0.2) is 16.4 Å². The molecule has 1 aromatic heterocycles. The number of hydrogen-bond donors (Lipinski definition) is 2. The van der Waals surface area contributed by atoms with Gasteiger partial charge in [-0.05, 0) is 19.3 Å². The molecule has 0 aromatic carbocycles. The van der Waals surface area contributed by atoms with E-state index in [1.54, 1.807) is 6.92 Å². The van der Waals surface area contributed by atoms with Gasteiger partial charge < -0.3 is 11.1 Å². The van der Waals surface area contributed by atoms with Gasteiger partial charge in [-0.2, -0.15) is 13.2 Å². The second-order valence-corrected chi connectivity index (χ2v) is 6.26. The van der Waals surface area contributed by atoms with E-state index in [9.17, 15) is 18.0 Å². The average molecular weight is 321 g/mol. The summed E-state index contributed by atoms with van der Waals surface area (Å²) in [6, 6.07) is -0.528. The van der Waals surface area contributed by atoms with Crippen molar-refractivity contribution in [3.8, 4) is 0 Å². The molecular weight excluding hydrogens is 303 g/mol. The molecule has 4 nitrogen and oxygen atoms in total. The smallest absolute Gasteiger partial charge is 0.345 e. The van der Waals surface area contributed by atoms with Crippen molar-refractivity contribution in [1.29, 1.82) is 0 Å². The van der Waals surface area contributed by atoms with Crippen LogP contribution in [0.3, 0.4) is 0 Å². The summed E-state index contributed by atoms with van der Waals surface area (Å²) in [7, 11) is 0. The minimum Gasteiger partial charge on any atom is -0.345 e. The van der Waals surface area contributed by atoms with Crippen LogP contribution in [0.15, 0.2) is 5.38 Å². The maximum atomic E-state index is 12.6. The predicted molar refractivity (Wildman–Crippen MR) is 73.7 cm³/mol. The third kappa shape index (κ3) is 3.55. The molecular formula is C13H18F3N3OS. The van der Waals surface area contributed by atoms with E-state index < -0.39 is 23.5 Å². The van der Waals surface area contributed by atoms with Crippen molar-refractivity contribution in [1.82, 2.24) is 10.3 Å². The summed E-state index contributed by atoms with van der Waals surface area (Å²) in [4.78, 5) is 15.8. The van der Waals surface area contributed by atoms with E-state index in [4.69, 9.17) is 5.73 Å². The number of nitrogens with zero attached hydrogens (tertiary/aromatic N) is 1. The molecule has 0 aliphatic heterocycles. The van der Waals surface area contributed by atoms with Crippen molar-refractivity contribution in [2.45, 2.75) is 56.8 Å². The summed E-state index contributed by atoms with van der Waals surface area (Å²) >= 11 is 0.906. The van der Waals surface area contributed by atoms with Crippen LogP contribution in [0.5, 0.6) is 0 Å². The zero-order valence-corrected chi connectivity index (χ0v) is 12.5. The molecule has 0 spiro atoms. The molecule has 2 rings (SSSR count). The first-order chi connectivity index (χ1) is 9.76. The number of amides is 1. The van der Waals surface area contributed by atoms with Crippen LogP contribution in [0.4, 0.5) is 13.2 Å². The quantitative estimate of drug-likeness (QED) is 0.896. The minimum absolute atomic E-state index is 0.264. The van der Waals surface area contributed by atoms with Gasteiger partial charge in [0.1, 0.15) is 5.01 Å². The van der Waals surface area contributed by atoms with Gasteiger partial charge in [0, 0.05) is 5.38 Å². The van der Waals surface area contributed by atoms with Gasteiger partial charge >= 0.3 is 6.18 Å². The van der Waals surface area contributed by atoms with Crippen LogP contribution in [0.1, 0.15) is 55.8 Å². The van der Waals surface area contributed by atoms with E-state index in [-0.39, 0.29) is 10.9 Å². The molecule has 21 heavy (non-hydrogen) atoms. The molecule has 1 aliphatic carbocycles. The highest BCUT2D eigenvalue weighted by atomic mass is 32.1. The van der Waals surface area contributed by atoms with Crippen molar-refractivity contribution in [2.24, 2.45) is 5.73 Å². The lowest BCUT2D eigenvalue weighted by Gasteiger charge is -2.25. The van der Waals surface area contributed by atoms with Crippen molar-refractivity contribution < 1.29 is 18.0 Å². The molecule has 1 atom stereocenters. The topological polar surface area (TPSA) is 68.0 Å². The highest BCUT2D eigenvalue weighted by molar-refractivity contribution is 7.09. The molecule has 0 radical (unpaired) electrons. The van der Waals surface area contributed by atoms with Crippen LogP contribution in [0, 0.1) is 0 Å². The normalized spacial score (nSPS) is 19.5. The second kappa shape index (κ2) is 5.92. The van der Waals surface area contributed by atoms with Gasteiger partial charge in [-0.1, -0.05) is 19.8 Å². The minimum atomic E-state index is -4.46. The second-order valence-electron chi connectivity index (χ2n) is 5.37. The molecule has 1 aliphatic rings. The summed E-state index contributed by atoms with van der Waals surface area (Å²) in [5.74, 6) is -0.296. The molecule has 0 saturated heterocycles. The van der Waals surface area contributed by atoms with Gasteiger partial charge in [-0.15, -0.1) is 11.3 Å².